The molecular formula is C7H8NO3S-. The zero-order chi connectivity index (χ0) is 9.14. The third-order valence-corrected chi connectivity index (χ3v) is 1.97. The lowest BCUT2D eigenvalue weighted by Gasteiger charge is -2.08. The predicted octanol–water partition coefficient (Wildman–Crippen LogP) is 0.354. The molecular weight excluding hydrogens is 178 g/mol. The first-order valence-electron chi connectivity index (χ1n) is 3.23. The molecule has 0 spiro atoms. The van der Waals surface area contributed by atoms with E-state index in [2.05, 4.69) is 0 Å². The predicted molar refractivity (Wildman–Crippen MR) is 45.1 cm³/mol. The molecule has 0 radical (unpaired) electrons. The zero-order valence-corrected chi connectivity index (χ0v) is 7.00. The monoisotopic (exact) mass is 186 g/mol. The Labute approximate surface area is 72.3 Å². The molecule has 4 nitrogen and oxygen atoms in total. The second kappa shape index (κ2) is 3.55. The Kier molecular flexibility index (Phi) is 2.67. The van der Waals surface area contributed by atoms with Gasteiger partial charge in [0.15, 0.2) is 0 Å². The highest BCUT2D eigenvalue weighted by atomic mass is 32.2. The first-order chi connectivity index (χ1) is 5.61. The molecule has 12 heavy (non-hydrogen) atoms. The topological polar surface area (TPSA) is 86.4 Å². The van der Waals surface area contributed by atoms with Crippen molar-refractivity contribution in [1.82, 2.24) is 0 Å². The van der Waals surface area contributed by atoms with Gasteiger partial charge in [-0.05, 0) is 6.07 Å². The molecule has 0 aliphatic rings. The zero-order valence-electron chi connectivity index (χ0n) is 6.19. The van der Waals surface area contributed by atoms with Crippen LogP contribution in [0.3, 0.4) is 0 Å². The van der Waals surface area contributed by atoms with E-state index in [-0.39, 0.29) is 17.2 Å². The molecule has 0 aliphatic carbocycles. The van der Waals surface area contributed by atoms with E-state index in [0.717, 1.165) is 0 Å². The van der Waals surface area contributed by atoms with E-state index in [1.165, 1.54) is 12.1 Å². The first kappa shape index (κ1) is 9.02. The smallest absolute Gasteiger partial charge is 0.142 e. The van der Waals surface area contributed by atoms with Crippen molar-refractivity contribution in [2.45, 2.75) is 5.75 Å². The summed E-state index contributed by atoms with van der Waals surface area (Å²) in [5.74, 6) is -0.363. The van der Waals surface area contributed by atoms with Crippen molar-refractivity contribution < 1.29 is 13.9 Å². The lowest BCUT2D eigenvalue weighted by molar-refractivity contribution is 0.471. The first-order valence-corrected chi connectivity index (χ1v) is 4.48. The quantitative estimate of drug-likeness (QED) is 0.396. The van der Waals surface area contributed by atoms with Gasteiger partial charge in [-0.1, -0.05) is 23.2 Å². The lowest BCUT2D eigenvalue weighted by Crippen LogP contribution is -1.95. The summed E-state index contributed by atoms with van der Waals surface area (Å²) >= 11 is -2.20. The molecule has 1 aromatic rings. The Morgan fingerprint density at radius 1 is 1.58 bits per heavy atom. The summed E-state index contributed by atoms with van der Waals surface area (Å²) in [6, 6.07) is 4.62. The van der Waals surface area contributed by atoms with Crippen LogP contribution < -0.4 is 5.73 Å². The van der Waals surface area contributed by atoms with Gasteiger partial charge in [-0.15, -0.1) is 0 Å². The maximum atomic E-state index is 10.3. The molecule has 0 bridgehead atoms. The van der Waals surface area contributed by atoms with E-state index in [0.29, 0.717) is 5.56 Å². The van der Waals surface area contributed by atoms with Gasteiger partial charge in [0.05, 0.1) is 5.69 Å². The largest absolute Gasteiger partial charge is 0.772 e. The molecule has 0 amide bonds. The number of hydrogen-bond donors (Lipinski definition) is 2. The summed E-state index contributed by atoms with van der Waals surface area (Å²) < 4.78 is 20.6. The number of para-hydroxylation sites is 1. The van der Waals surface area contributed by atoms with Crippen LogP contribution in [0.5, 0.6) is 5.75 Å². The van der Waals surface area contributed by atoms with E-state index in [9.17, 15) is 13.9 Å². The van der Waals surface area contributed by atoms with E-state index < -0.39 is 11.1 Å². The number of benzene rings is 1. The van der Waals surface area contributed by atoms with Crippen molar-refractivity contribution >= 4 is 16.8 Å². The van der Waals surface area contributed by atoms with Crippen LogP contribution in [-0.4, -0.2) is 13.9 Å². The van der Waals surface area contributed by atoms with Gasteiger partial charge in [-0.2, -0.15) is 0 Å². The fraction of sp³-hybridized carbons (Fsp3) is 0.143. The molecule has 0 fully saturated rings. The molecule has 0 aliphatic heterocycles. The molecule has 5 heteroatoms. The Morgan fingerprint density at radius 3 is 2.83 bits per heavy atom. The number of phenols is 1. The van der Waals surface area contributed by atoms with Crippen molar-refractivity contribution in [3.05, 3.63) is 23.8 Å². The number of anilines is 1. The minimum Gasteiger partial charge on any atom is -0.772 e. The van der Waals surface area contributed by atoms with Gasteiger partial charge in [0.25, 0.3) is 0 Å². The molecule has 3 N–H and O–H groups in total. The van der Waals surface area contributed by atoms with Crippen LogP contribution in [0, 0.1) is 0 Å². The lowest BCUT2D eigenvalue weighted by atomic mass is 10.2. The van der Waals surface area contributed by atoms with Gasteiger partial charge in [0.1, 0.15) is 5.75 Å². The SMILES string of the molecule is Nc1cccc(CS(=O)[O-])c1O. The van der Waals surface area contributed by atoms with E-state index in [1.807, 2.05) is 0 Å². The van der Waals surface area contributed by atoms with Crippen molar-refractivity contribution in [2.75, 3.05) is 5.73 Å². The summed E-state index contributed by atoms with van der Waals surface area (Å²) in [5, 5.41) is 9.25. The number of aromatic hydroxyl groups is 1. The van der Waals surface area contributed by atoms with Crippen molar-refractivity contribution in [3.63, 3.8) is 0 Å². The molecule has 1 unspecified atom stereocenters. The van der Waals surface area contributed by atoms with Crippen LogP contribution in [0.25, 0.3) is 0 Å². The maximum absolute atomic E-state index is 10.3. The molecule has 0 saturated heterocycles. The normalized spacial score (nSPS) is 12.8. The van der Waals surface area contributed by atoms with E-state index in [1.54, 1.807) is 6.07 Å². The maximum Gasteiger partial charge on any atom is 0.142 e. The van der Waals surface area contributed by atoms with Crippen LogP contribution in [-0.2, 0) is 16.8 Å². The average molecular weight is 186 g/mol. The van der Waals surface area contributed by atoms with Crippen LogP contribution in [0.2, 0.25) is 0 Å². The minimum absolute atomic E-state index is 0.151. The molecule has 1 aromatic carbocycles. The number of nitrogen functional groups attached to an aromatic ring is 1. The van der Waals surface area contributed by atoms with E-state index >= 15 is 0 Å². The summed E-state index contributed by atoms with van der Waals surface area (Å²) in [4.78, 5) is 0. The van der Waals surface area contributed by atoms with Gasteiger partial charge in [-0.3, -0.25) is 4.21 Å². The Hall–Kier alpha value is -1.07. The summed E-state index contributed by atoms with van der Waals surface area (Å²) in [6.45, 7) is 0. The van der Waals surface area contributed by atoms with Crippen molar-refractivity contribution in [1.29, 1.82) is 0 Å². The van der Waals surface area contributed by atoms with Gasteiger partial charge in [-0.25, -0.2) is 0 Å². The van der Waals surface area contributed by atoms with Gasteiger partial charge in [0.2, 0.25) is 0 Å². The fourth-order valence-electron chi connectivity index (χ4n) is 0.855. The van der Waals surface area contributed by atoms with Crippen LogP contribution >= 0.6 is 0 Å². The number of hydrogen-bond acceptors (Lipinski definition) is 4. The van der Waals surface area contributed by atoms with Gasteiger partial charge < -0.3 is 15.4 Å². The highest BCUT2D eigenvalue weighted by Gasteiger charge is 2.02. The Morgan fingerprint density at radius 2 is 2.25 bits per heavy atom. The minimum atomic E-state index is -2.20. The molecule has 1 atom stereocenters. The molecule has 1 rings (SSSR count). The third-order valence-electron chi connectivity index (χ3n) is 1.42. The molecule has 0 aromatic heterocycles. The Bertz CT molecular complexity index is 314. The summed E-state index contributed by atoms with van der Waals surface area (Å²) in [5.41, 5.74) is 5.86. The molecule has 0 saturated carbocycles. The highest BCUT2D eigenvalue weighted by Crippen LogP contribution is 2.24. The van der Waals surface area contributed by atoms with Crippen LogP contribution in [0.15, 0.2) is 18.2 Å². The number of nitrogens with two attached hydrogens (primary N) is 1. The molecule has 0 heterocycles. The van der Waals surface area contributed by atoms with Crippen molar-refractivity contribution in [3.8, 4) is 5.75 Å². The fourth-order valence-corrected chi connectivity index (χ4v) is 1.34. The van der Waals surface area contributed by atoms with E-state index in [4.69, 9.17) is 5.73 Å². The van der Waals surface area contributed by atoms with Crippen molar-refractivity contribution in [2.24, 2.45) is 0 Å². The third kappa shape index (κ3) is 1.96. The second-order valence-electron chi connectivity index (χ2n) is 2.30. The summed E-state index contributed by atoms with van der Waals surface area (Å²) in [6.07, 6.45) is 0. The summed E-state index contributed by atoms with van der Waals surface area (Å²) in [7, 11) is 0. The van der Waals surface area contributed by atoms with Gasteiger partial charge >= 0.3 is 0 Å². The standard InChI is InChI=1S/C7H9NO3S/c8-6-3-1-2-5(7(6)9)4-12(10)11/h1-3,9H,4,8H2,(H,10,11)/p-1. The number of phenolic OH excluding ortho intramolecular Hbond substituents is 1. The Balaban J connectivity index is 3.00. The molecule has 66 valence electrons. The number of rotatable bonds is 2. The second-order valence-corrected chi connectivity index (χ2v) is 3.20. The van der Waals surface area contributed by atoms with Crippen LogP contribution in [0.1, 0.15) is 5.56 Å². The highest BCUT2D eigenvalue weighted by molar-refractivity contribution is 7.78. The average Bonchev–Trinajstić information content (AvgIpc) is 1.98. The van der Waals surface area contributed by atoms with Crippen LogP contribution in [0.4, 0.5) is 5.69 Å². The van der Waals surface area contributed by atoms with Gasteiger partial charge in [0, 0.05) is 11.3 Å².